The van der Waals surface area contributed by atoms with Gasteiger partial charge in [-0.05, 0) is 24.6 Å². The third-order valence-electron chi connectivity index (χ3n) is 1.97. The fourth-order valence-corrected chi connectivity index (χ4v) is 1.21. The van der Waals surface area contributed by atoms with Gasteiger partial charge in [0.25, 0.3) is 0 Å². The molecule has 0 aliphatic heterocycles. The average Bonchev–Trinajstić information content (AvgIpc) is 2.17. The van der Waals surface area contributed by atoms with Crippen LogP contribution in [0.1, 0.15) is 25.5 Å². The fraction of sp³-hybridized carbons (Fsp3) is 0.364. The highest BCUT2D eigenvalue weighted by Gasteiger charge is 2.09. The van der Waals surface area contributed by atoms with Gasteiger partial charge in [-0.25, -0.2) is 0 Å². The van der Waals surface area contributed by atoms with Crippen LogP contribution in [0.3, 0.4) is 0 Å². The molecule has 0 amide bonds. The molecule has 4 nitrogen and oxygen atoms in total. The third kappa shape index (κ3) is 2.95. The van der Waals surface area contributed by atoms with Gasteiger partial charge in [0.2, 0.25) is 0 Å². The molecule has 0 spiro atoms. The summed E-state index contributed by atoms with van der Waals surface area (Å²) in [5.74, 6) is 0.552. The Morgan fingerprint density at radius 3 is 2.53 bits per heavy atom. The van der Waals surface area contributed by atoms with Crippen LogP contribution >= 0.6 is 0 Å². The van der Waals surface area contributed by atoms with E-state index in [1.165, 1.54) is 14.0 Å². The first-order valence-electron chi connectivity index (χ1n) is 4.66. The standard InChI is InChI=1S/C11H15NO3/c1-7(12)9-4-5-10(15-8(2)13)11(6-9)14-3/h4-7H,12H2,1-3H3/t7-/m0/s1. The van der Waals surface area contributed by atoms with Crippen LogP contribution in [0.5, 0.6) is 11.5 Å². The predicted octanol–water partition coefficient (Wildman–Crippen LogP) is 1.64. The second kappa shape index (κ2) is 4.79. The molecule has 4 heteroatoms. The average molecular weight is 209 g/mol. The van der Waals surface area contributed by atoms with Gasteiger partial charge in [-0.15, -0.1) is 0 Å². The van der Waals surface area contributed by atoms with Crippen LogP contribution in [0.25, 0.3) is 0 Å². The molecule has 1 atom stereocenters. The normalized spacial score (nSPS) is 12.0. The van der Waals surface area contributed by atoms with Gasteiger partial charge in [-0.3, -0.25) is 4.79 Å². The van der Waals surface area contributed by atoms with Gasteiger partial charge >= 0.3 is 5.97 Å². The highest BCUT2D eigenvalue weighted by Crippen LogP contribution is 2.29. The maximum atomic E-state index is 10.8. The summed E-state index contributed by atoms with van der Waals surface area (Å²) >= 11 is 0. The number of carbonyl (C=O) groups is 1. The van der Waals surface area contributed by atoms with E-state index in [0.29, 0.717) is 11.5 Å². The minimum absolute atomic E-state index is 0.0784. The molecule has 0 unspecified atom stereocenters. The van der Waals surface area contributed by atoms with Crippen LogP contribution in [0.2, 0.25) is 0 Å². The summed E-state index contributed by atoms with van der Waals surface area (Å²) in [6, 6.07) is 5.18. The molecule has 0 aliphatic carbocycles. The van der Waals surface area contributed by atoms with Crippen molar-refractivity contribution in [3.63, 3.8) is 0 Å². The van der Waals surface area contributed by atoms with E-state index in [-0.39, 0.29) is 12.0 Å². The van der Waals surface area contributed by atoms with Crippen molar-refractivity contribution in [2.45, 2.75) is 19.9 Å². The molecule has 82 valence electrons. The number of benzene rings is 1. The SMILES string of the molecule is COc1cc([C@H](C)N)ccc1OC(C)=O. The molecule has 0 fully saturated rings. The Kier molecular flexibility index (Phi) is 3.68. The largest absolute Gasteiger partial charge is 0.493 e. The zero-order valence-corrected chi connectivity index (χ0v) is 9.11. The minimum atomic E-state index is -0.373. The van der Waals surface area contributed by atoms with Gasteiger partial charge in [0.1, 0.15) is 0 Å². The zero-order valence-electron chi connectivity index (χ0n) is 9.11. The number of rotatable bonds is 3. The van der Waals surface area contributed by atoms with Crippen molar-refractivity contribution in [2.24, 2.45) is 5.73 Å². The van der Waals surface area contributed by atoms with E-state index >= 15 is 0 Å². The summed E-state index contributed by atoms with van der Waals surface area (Å²) in [6.07, 6.45) is 0. The van der Waals surface area contributed by atoms with Crippen molar-refractivity contribution >= 4 is 5.97 Å². The molecule has 0 radical (unpaired) electrons. The van der Waals surface area contributed by atoms with E-state index in [1.54, 1.807) is 12.1 Å². The van der Waals surface area contributed by atoms with Crippen LogP contribution in [-0.2, 0) is 4.79 Å². The van der Waals surface area contributed by atoms with Gasteiger partial charge in [-0.1, -0.05) is 6.07 Å². The van der Waals surface area contributed by atoms with E-state index in [0.717, 1.165) is 5.56 Å². The van der Waals surface area contributed by atoms with Crippen molar-refractivity contribution in [2.75, 3.05) is 7.11 Å². The van der Waals surface area contributed by atoms with E-state index in [9.17, 15) is 4.79 Å². The van der Waals surface area contributed by atoms with Crippen molar-refractivity contribution in [1.82, 2.24) is 0 Å². The van der Waals surface area contributed by atoms with Gasteiger partial charge in [0.15, 0.2) is 11.5 Å². The lowest BCUT2D eigenvalue weighted by atomic mass is 10.1. The molecule has 0 saturated heterocycles. The Bertz CT molecular complexity index is 361. The highest BCUT2D eigenvalue weighted by molar-refractivity contribution is 5.70. The molecule has 15 heavy (non-hydrogen) atoms. The van der Waals surface area contributed by atoms with E-state index in [1.807, 2.05) is 13.0 Å². The fourth-order valence-electron chi connectivity index (χ4n) is 1.21. The summed E-state index contributed by atoms with van der Waals surface area (Å²) < 4.78 is 10.1. The van der Waals surface area contributed by atoms with Crippen molar-refractivity contribution in [1.29, 1.82) is 0 Å². The van der Waals surface area contributed by atoms with Crippen molar-refractivity contribution in [3.8, 4) is 11.5 Å². The Morgan fingerprint density at radius 1 is 1.40 bits per heavy atom. The first kappa shape index (κ1) is 11.5. The quantitative estimate of drug-likeness (QED) is 0.607. The molecule has 2 N–H and O–H groups in total. The smallest absolute Gasteiger partial charge is 0.308 e. The Balaban J connectivity index is 3.03. The van der Waals surface area contributed by atoms with Gasteiger partial charge in [-0.2, -0.15) is 0 Å². The molecule has 1 aromatic carbocycles. The molecule has 0 aliphatic rings. The number of hydrogen-bond donors (Lipinski definition) is 1. The number of hydrogen-bond acceptors (Lipinski definition) is 4. The summed E-state index contributed by atoms with van der Waals surface area (Å²) in [5, 5.41) is 0. The molecular weight excluding hydrogens is 194 g/mol. The number of methoxy groups -OCH3 is 1. The molecule has 0 bridgehead atoms. The monoisotopic (exact) mass is 209 g/mol. The molecule has 1 aromatic rings. The summed E-state index contributed by atoms with van der Waals surface area (Å²) in [6.45, 7) is 3.22. The predicted molar refractivity (Wildman–Crippen MR) is 56.9 cm³/mol. The number of nitrogens with two attached hydrogens (primary N) is 1. The minimum Gasteiger partial charge on any atom is -0.493 e. The van der Waals surface area contributed by atoms with Crippen LogP contribution < -0.4 is 15.2 Å². The highest BCUT2D eigenvalue weighted by atomic mass is 16.6. The van der Waals surface area contributed by atoms with Crippen molar-refractivity contribution in [3.05, 3.63) is 23.8 Å². The zero-order chi connectivity index (χ0) is 11.4. The van der Waals surface area contributed by atoms with Crippen LogP contribution in [0.15, 0.2) is 18.2 Å². The number of esters is 1. The maximum absolute atomic E-state index is 10.8. The van der Waals surface area contributed by atoms with E-state index in [4.69, 9.17) is 15.2 Å². The van der Waals surface area contributed by atoms with E-state index in [2.05, 4.69) is 0 Å². The molecule has 1 rings (SSSR count). The lowest BCUT2D eigenvalue weighted by Gasteiger charge is -2.11. The lowest BCUT2D eigenvalue weighted by Crippen LogP contribution is -2.07. The van der Waals surface area contributed by atoms with Gasteiger partial charge in [0, 0.05) is 13.0 Å². The third-order valence-corrected chi connectivity index (χ3v) is 1.97. The Labute approximate surface area is 89.0 Å². The Morgan fingerprint density at radius 2 is 2.07 bits per heavy atom. The molecule has 0 heterocycles. The van der Waals surface area contributed by atoms with E-state index < -0.39 is 0 Å². The summed E-state index contributed by atoms with van der Waals surface area (Å²) in [7, 11) is 1.52. The number of ether oxygens (including phenoxy) is 2. The van der Waals surface area contributed by atoms with Crippen LogP contribution in [0, 0.1) is 0 Å². The topological polar surface area (TPSA) is 61.6 Å². The van der Waals surface area contributed by atoms with Gasteiger partial charge < -0.3 is 15.2 Å². The first-order valence-corrected chi connectivity index (χ1v) is 4.66. The molecular formula is C11H15NO3. The van der Waals surface area contributed by atoms with Crippen LogP contribution in [-0.4, -0.2) is 13.1 Å². The lowest BCUT2D eigenvalue weighted by molar-refractivity contribution is -0.132. The Hall–Kier alpha value is -1.55. The van der Waals surface area contributed by atoms with Crippen LogP contribution in [0.4, 0.5) is 0 Å². The molecule has 0 aromatic heterocycles. The summed E-state index contributed by atoms with van der Waals surface area (Å²) in [5.41, 5.74) is 6.66. The second-order valence-electron chi connectivity index (χ2n) is 3.29. The first-order chi connectivity index (χ1) is 7.04. The molecule has 0 saturated carbocycles. The second-order valence-corrected chi connectivity index (χ2v) is 3.29. The number of carbonyl (C=O) groups excluding carboxylic acids is 1. The maximum Gasteiger partial charge on any atom is 0.308 e. The van der Waals surface area contributed by atoms with Gasteiger partial charge in [0.05, 0.1) is 7.11 Å². The summed E-state index contributed by atoms with van der Waals surface area (Å²) in [4.78, 5) is 10.8. The van der Waals surface area contributed by atoms with Crippen molar-refractivity contribution < 1.29 is 14.3 Å².